The van der Waals surface area contributed by atoms with E-state index in [9.17, 15) is 4.79 Å². The SMILES string of the molecule is CC(=O)N(CCCCO)Cc1ccccc1. The molecule has 3 heteroatoms. The molecule has 0 aliphatic heterocycles. The van der Waals surface area contributed by atoms with Crippen molar-refractivity contribution in [2.75, 3.05) is 13.2 Å². The molecule has 0 saturated carbocycles. The summed E-state index contributed by atoms with van der Waals surface area (Å²) in [5, 5.41) is 8.70. The second kappa shape index (κ2) is 7.01. The van der Waals surface area contributed by atoms with Crippen LogP contribution in [0.25, 0.3) is 0 Å². The van der Waals surface area contributed by atoms with Crippen LogP contribution in [0.1, 0.15) is 25.3 Å². The van der Waals surface area contributed by atoms with Crippen LogP contribution in [0.2, 0.25) is 0 Å². The monoisotopic (exact) mass is 221 g/mol. The van der Waals surface area contributed by atoms with Gasteiger partial charge in [-0.25, -0.2) is 0 Å². The predicted octanol–water partition coefficient (Wildman–Crippen LogP) is 1.81. The molecule has 88 valence electrons. The molecule has 0 bridgehead atoms. The van der Waals surface area contributed by atoms with Crippen molar-refractivity contribution in [3.05, 3.63) is 35.9 Å². The van der Waals surface area contributed by atoms with Crippen LogP contribution in [0.5, 0.6) is 0 Å². The number of rotatable bonds is 6. The van der Waals surface area contributed by atoms with Gasteiger partial charge < -0.3 is 10.0 Å². The summed E-state index contributed by atoms with van der Waals surface area (Å²) in [4.78, 5) is 13.2. The van der Waals surface area contributed by atoms with Gasteiger partial charge in [-0.1, -0.05) is 30.3 Å². The Hall–Kier alpha value is -1.35. The Bertz CT molecular complexity index is 311. The minimum absolute atomic E-state index is 0.0850. The number of hydrogen-bond acceptors (Lipinski definition) is 2. The largest absolute Gasteiger partial charge is 0.396 e. The quantitative estimate of drug-likeness (QED) is 0.744. The van der Waals surface area contributed by atoms with E-state index in [1.165, 1.54) is 0 Å². The lowest BCUT2D eigenvalue weighted by atomic mass is 10.2. The van der Waals surface area contributed by atoms with Crippen molar-refractivity contribution in [2.45, 2.75) is 26.3 Å². The highest BCUT2D eigenvalue weighted by Crippen LogP contribution is 2.06. The standard InChI is InChI=1S/C13H19NO2/c1-12(16)14(9-5-6-10-15)11-13-7-3-2-4-8-13/h2-4,7-8,15H,5-6,9-11H2,1H3. The molecule has 0 unspecified atom stereocenters. The second-order valence-electron chi connectivity index (χ2n) is 3.86. The summed E-state index contributed by atoms with van der Waals surface area (Å²) < 4.78 is 0. The van der Waals surface area contributed by atoms with E-state index in [1.54, 1.807) is 6.92 Å². The van der Waals surface area contributed by atoms with Crippen molar-refractivity contribution in [1.82, 2.24) is 4.90 Å². The molecule has 3 nitrogen and oxygen atoms in total. The van der Waals surface area contributed by atoms with Crippen molar-refractivity contribution in [1.29, 1.82) is 0 Å². The summed E-state index contributed by atoms with van der Waals surface area (Å²) in [6.45, 7) is 3.14. The fourth-order valence-electron chi connectivity index (χ4n) is 1.57. The molecule has 0 aliphatic rings. The number of amides is 1. The molecule has 0 radical (unpaired) electrons. The Morgan fingerprint density at radius 2 is 1.94 bits per heavy atom. The maximum atomic E-state index is 11.4. The Morgan fingerprint density at radius 1 is 1.25 bits per heavy atom. The van der Waals surface area contributed by atoms with Gasteiger partial charge in [0.05, 0.1) is 0 Å². The normalized spacial score (nSPS) is 10.1. The zero-order chi connectivity index (χ0) is 11.8. The van der Waals surface area contributed by atoms with E-state index in [1.807, 2.05) is 35.2 Å². The number of carbonyl (C=O) groups excluding carboxylic acids is 1. The smallest absolute Gasteiger partial charge is 0.219 e. The Labute approximate surface area is 96.7 Å². The molecule has 16 heavy (non-hydrogen) atoms. The van der Waals surface area contributed by atoms with E-state index < -0.39 is 0 Å². The third kappa shape index (κ3) is 4.45. The van der Waals surface area contributed by atoms with E-state index in [2.05, 4.69) is 0 Å². The van der Waals surface area contributed by atoms with Crippen LogP contribution in [0.15, 0.2) is 30.3 Å². The van der Waals surface area contributed by atoms with E-state index in [-0.39, 0.29) is 12.5 Å². The summed E-state index contributed by atoms with van der Waals surface area (Å²) >= 11 is 0. The third-order valence-electron chi connectivity index (χ3n) is 2.50. The van der Waals surface area contributed by atoms with Gasteiger partial charge >= 0.3 is 0 Å². The van der Waals surface area contributed by atoms with Gasteiger partial charge in [-0.2, -0.15) is 0 Å². The summed E-state index contributed by atoms with van der Waals surface area (Å²) in [6.07, 6.45) is 1.60. The number of aliphatic hydroxyl groups is 1. The van der Waals surface area contributed by atoms with Crippen molar-refractivity contribution in [2.24, 2.45) is 0 Å². The number of nitrogens with zero attached hydrogens (tertiary/aromatic N) is 1. The topological polar surface area (TPSA) is 40.5 Å². The van der Waals surface area contributed by atoms with Crippen molar-refractivity contribution in [3.63, 3.8) is 0 Å². The minimum Gasteiger partial charge on any atom is -0.396 e. The van der Waals surface area contributed by atoms with Gasteiger partial charge in [0.25, 0.3) is 0 Å². The molecule has 0 saturated heterocycles. The van der Waals surface area contributed by atoms with E-state index in [4.69, 9.17) is 5.11 Å². The van der Waals surface area contributed by atoms with Crippen LogP contribution < -0.4 is 0 Å². The molecule has 1 aromatic rings. The highest BCUT2D eigenvalue weighted by Gasteiger charge is 2.08. The van der Waals surface area contributed by atoms with Gasteiger partial charge in [-0.3, -0.25) is 4.79 Å². The number of hydrogen-bond donors (Lipinski definition) is 1. The second-order valence-corrected chi connectivity index (χ2v) is 3.86. The first kappa shape index (κ1) is 12.7. The Kier molecular flexibility index (Phi) is 5.57. The molecule has 1 aromatic carbocycles. The lowest BCUT2D eigenvalue weighted by Gasteiger charge is -2.20. The first-order chi connectivity index (χ1) is 7.74. The molecule has 1 amide bonds. The highest BCUT2D eigenvalue weighted by atomic mass is 16.2. The van der Waals surface area contributed by atoms with Crippen LogP contribution in [0.4, 0.5) is 0 Å². The lowest BCUT2D eigenvalue weighted by Crippen LogP contribution is -2.29. The maximum Gasteiger partial charge on any atom is 0.219 e. The van der Waals surface area contributed by atoms with Gasteiger partial charge in [-0.15, -0.1) is 0 Å². The van der Waals surface area contributed by atoms with Gasteiger partial charge in [0.2, 0.25) is 5.91 Å². The fraction of sp³-hybridized carbons (Fsp3) is 0.462. The summed E-state index contributed by atoms with van der Waals surface area (Å²) in [7, 11) is 0. The highest BCUT2D eigenvalue weighted by molar-refractivity contribution is 5.73. The molecular formula is C13H19NO2. The zero-order valence-electron chi connectivity index (χ0n) is 9.72. The molecule has 0 atom stereocenters. The molecule has 0 aliphatic carbocycles. The average molecular weight is 221 g/mol. The van der Waals surface area contributed by atoms with Gasteiger partial charge in [0, 0.05) is 26.6 Å². The fourth-order valence-corrected chi connectivity index (χ4v) is 1.57. The lowest BCUT2D eigenvalue weighted by molar-refractivity contribution is -0.129. The van der Waals surface area contributed by atoms with Crippen LogP contribution in [0.3, 0.4) is 0 Å². The first-order valence-corrected chi connectivity index (χ1v) is 5.64. The molecular weight excluding hydrogens is 202 g/mol. The van der Waals surface area contributed by atoms with Gasteiger partial charge in [-0.05, 0) is 18.4 Å². The number of aliphatic hydroxyl groups excluding tert-OH is 1. The number of benzene rings is 1. The Morgan fingerprint density at radius 3 is 2.50 bits per heavy atom. The minimum atomic E-state index is 0.0850. The number of carbonyl (C=O) groups is 1. The molecule has 0 fully saturated rings. The Balaban J connectivity index is 2.48. The third-order valence-corrected chi connectivity index (χ3v) is 2.50. The first-order valence-electron chi connectivity index (χ1n) is 5.64. The molecule has 0 spiro atoms. The maximum absolute atomic E-state index is 11.4. The van der Waals surface area contributed by atoms with Crippen molar-refractivity contribution >= 4 is 5.91 Å². The van der Waals surface area contributed by atoms with Crippen molar-refractivity contribution < 1.29 is 9.90 Å². The molecule has 0 heterocycles. The van der Waals surface area contributed by atoms with E-state index in [0.717, 1.165) is 18.4 Å². The summed E-state index contributed by atoms with van der Waals surface area (Å²) in [5.41, 5.74) is 1.14. The summed E-state index contributed by atoms with van der Waals surface area (Å²) in [6, 6.07) is 9.94. The van der Waals surface area contributed by atoms with Crippen LogP contribution >= 0.6 is 0 Å². The van der Waals surface area contributed by atoms with Crippen molar-refractivity contribution in [3.8, 4) is 0 Å². The average Bonchev–Trinajstić information content (AvgIpc) is 2.29. The van der Waals surface area contributed by atoms with E-state index >= 15 is 0 Å². The van der Waals surface area contributed by atoms with Crippen LogP contribution in [-0.2, 0) is 11.3 Å². The predicted molar refractivity (Wildman–Crippen MR) is 63.9 cm³/mol. The molecule has 1 rings (SSSR count). The van der Waals surface area contributed by atoms with Crippen LogP contribution in [0, 0.1) is 0 Å². The zero-order valence-corrected chi connectivity index (χ0v) is 9.72. The summed E-state index contributed by atoms with van der Waals surface area (Å²) in [5.74, 6) is 0.0850. The number of unbranched alkanes of at least 4 members (excludes halogenated alkanes) is 1. The van der Waals surface area contributed by atoms with Crippen LogP contribution in [-0.4, -0.2) is 29.1 Å². The van der Waals surface area contributed by atoms with E-state index in [0.29, 0.717) is 13.1 Å². The molecule has 1 N–H and O–H groups in total. The van der Waals surface area contributed by atoms with Gasteiger partial charge in [0.15, 0.2) is 0 Å². The molecule has 0 aromatic heterocycles. The van der Waals surface area contributed by atoms with Gasteiger partial charge in [0.1, 0.15) is 0 Å².